The Bertz CT molecular complexity index is 1230. The fraction of sp³-hybridized carbons (Fsp3) is 0.435. The van der Waals surface area contributed by atoms with Gasteiger partial charge in [-0.15, -0.1) is 11.3 Å². The number of likely N-dealkylation sites (tertiary alicyclic amines) is 1. The van der Waals surface area contributed by atoms with E-state index < -0.39 is 5.92 Å². The van der Waals surface area contributed by atoms with Gasteiger partial charge < -0.3 is 9.64 Å². The van der Waals surface area contributed by atoms with Gasteiger partial charge in [-0.25, -0.2) is 9.18 Å². The van der Waals surface area contributed by atoms with E-state index in [2.05, 4.69) is 4.90 Å². The number of carbonyl (C=O) groups is 1. The Kier molecular flexibility index (Phi) is 6.57. The Hall–Kier alpha value is -2.78. The molecule has 0 saturated carbocycles. The van der Waals surface area contributed by atoms with Gasteiger partial charge in [0.2, 0.25) is 0 Å². The number of aromatic nitrogens is 2. The van der Waals surface area contributed by atoms with E-state index in [1.807, 2.05) is 0 Å². The quantitative estimate of drug-likeness (QED) is 0.530. The summed E-state index contributed by atoms with van der Waals surface area (Å²) in [5.74, 6) is -1.05. The highest BCUT2D eigenvalue weighted by Crippen LogP contribution is 2.34. The first-order chi connectivity index (χ1) is 15.4. The maximum absolute atomic E-state index is 13.4. The van der Waals surface area contributed by atoms with Crippen LogP contribution in [0.5, 0.6) is 0 Å². The number of rotatable bonds is 6. The highest BCUT2D eigenvalue weighted by atomic mass is 32.1. The Morgan fingerprint density at radius 2 is 1.94 bits per heavy atom. The normalized spacial score (nSPS) is 19.3. The van der Waals surface area contributed by atoms with E-state index in [0.717, 1.165) is 5.56 Å². The van der Waals surface area contributed by atoms with E-state index in [9.17, 15) is 18.8 Å². The number of hydrogen-bond acceptors (Lipinski definition) is 6. The first kappa shape index (κ1) is 22.4. The highest BCUT2D eigenvalue weighted by molar-refractivity contribution is 7.16. The molecule has 0 bridgehead atoms. The van der Waals surface area contributed by atoms with Crippen LogP contribution in [0.1, 0.15) is 24.8 Å². The van der Waals surface area contributed by atoms with Crippen molar-refractivity contribution >= 4 is 27.5 Å². The number of aryl methyl sites for hydroxylation is 1. The molecule has 1 aliphatic rings. The van der Waals surface area contributed by atoms with E-state index in [0.29, 0.717) is 36.3 Å². The summed E-state index contributed by atoms with van der Waals surface area (Å²) in [6.07, 6.45) is 0.700. The molecular weight excluding hydrogens is 433 g/mol. The van der Waals surface area contributed by atoms with Crippen molar-refractivity contribution in [3.8, 4) is 0 Å². The molecule has 0 N–H and O–H groups in total. The monoisotopic (exact) mass is 459 g/mol. The van der Waals surface area contributed by atoms with Gasteiger partial charge >= 0.3 is 11.7 Å². The molecule has 4 rings (SSSR count). The van der Waals surface area contributed by atoms with E-state index in [1.165, 1.54) is 32.6 Å². The molecule has 9 heteroatoms. The summed E-state index contributed by atoms with van der Waals surface area (Å²) in [5.41, 5.74) is 0.290. The van der Waals surface area contributed by atoms with Crippen molar-refractivity contribution in [2.45, 2.75) is 25.8 Å². The zero-order valence-electron chi connectivity index (χ0n) is 18.1. The smallest absolute Gasteiger partial charge is 0.331 e. The third-order valence-electron chi connectivity index (χ3n) is 6.17. The molecule has 1 aromatic carbocycles. The van der Waals surface area contributed by atoms with Crippen LogP contribution in [0, 0.1) is 11.7 Å². The summed E-state index contributed by atoms with van der Waals surface area (Å²) in [7, 11) is 1.67. The maximum atomic E-state index is 13.4. The highest BCUT2D eigenvalue weighted by Gasteiger charge is 2.36. The van der Waals surface area contributed by atoms with Crippen LogP contribution in [0.25, 0.3) is 10.2 Å². The average Bonchev–Trinajstić information content (AvgIpc) is 3.29. The lowest BCUT2D eigenvalue weighted by Gasteiger charge is -2.37. The van der Waals surface area contributed by atoms with Crippen molar-refractivity contribution in [1.82, 2.24) is 14.0 Å². The van der Waals surface area contributed by atoms with Crippen LogP contribution in [-0.2, 0) is 23.1 Å². The molecule has 2 aromatic heterocycles. The predicted molar refractivity (Wildman–Crippen MR) is 122 cm³/mol. The predicted octanol–water partition coefficient (Wildman–Crippen LogP) is 2.57. The Labute approximate surface area is 188 Å². The van der Waals surface area contributed by atoms with Crippen LogP contribution >= 0.6 is 11.3 Å². The lowest BCUT2D eigenvalue weighted by atomic mass is 9.80. The number of benzene rings is 1. The average molecular weight is 460 g/mol. The number of piperidine rings is 1. The minimum Gasteiger partial charge on any atom is -0.466 e. The lowest BCUT2D eigenvalue weighted by molar-refractivity contribution is -0.150. The van der Waals surface area contributed by atoms with Crippen LogP contribution in [-0.4, -0.2) is 46.2 Å². The van der Waals surface area contributed by atoms with Crippen molar-refractivity contribution in [3.05, 3.63) is 67.9 Å². The molecule has 0 aliphatic carbocycles. The SMILES string of the molecule is CCOC(=O)[C@@H]1CN(CCn2c(=O)c3ccsc3n(C)c2=O)CC[C@@H]1c1ccc(F)cc1. The molecule has 7 nitrogen and oxygen atoms in total. The van der Waals surface area contributed by atoms with E-state index in [4.69, 9.17) is 4.74 Å². The molecule has 0 unspecified atom stereocenters. The first-order valence-electron chi connectivity index (χ1n) is 10.7. The van der Waals surface area contributed by atoms with Crippen LogP contribution in [0.15, 0.2) is 45.3 Å². The summed E-state index contributed by atoms with van der Waals surface area (Å²) >= 11 is 1.37. The molecule has 1 aliphatic heterocycles. The van der Waals surface area contributed by atoms with Gasteiger partial charge in [0.15, 0.2) is 0 Å². The second-order valence-electron chi connectivity index (χ2n) is 8.04. The van der Waals surface area contributed by atoms with Crippen LogP contribution in [0.3, 0.4) is 0 Å². The molecule has 32 heavy (non-hydrogen) atoms. The number of nitrogens with zero attached hydrogens (tertiary/aromatic N) is 3. The number of thiophene rings is 1. The summed E-state index contributed by atoms with van der Waals surface area (Å²) < 4.78 is 21.5. The molecule has 1 fully saturated rings. The van der Waals surface area contributed by atoms with E-state index >= 15 is 0 Å². The first-order valence-corrected chi connectivity index (χ1v) is 11.6. The van der Waals surface area contributed by atoms with Gasteiger partial charge in [-0.05, 0) is 54.9 Å². The Balaban J connectivity index is 1.53. The molecule has 0 spiro atoms. The number of halogens is 1. The van der Waals surface area contributed by atoms with E-state index in [-0.39, 0.29) is 42.1 Å². The molecular formula is C23H26FN3O4S. The minimum absolute atomic E-state index is 0.0661. The second kappa shape index (κ2) is 9.38. The van der Waals surface area contributed by atoms with Gasteiger partial charge in [0, 0.05) is 26.7 Å². The van der Waals surface area contributed by atoms with Crippen molar-refractivity contribution in [2.75, 3.05) is 26.2 Å². The van der Waals surface area contributed by atoms with Crippen molar-refractivity contribution in [1.29, 1.82) is 0 Å². The van der Waals surface area contributed by atoms with Gasteiger partial charge in [0.25, 0.3) is 5.56 Å². The van der Waals surface area contributed by atoms with Gasteiger partial charge in [0.1, 0.15) is 10.6 Å². The van der Waals surface area contributed by atoms with E-state index in [1.54, 1.807) is 37.6 Å². The topological polar surface area (TPSA) is 73.5 Å². The zero-order valence-corrected chi connectivity index (χ0v) is 18.9. The van der Waals surface area contributed by atoms with Gasteiger partial charge in [-0.3, -0.25) is 18.7 Å². The summed E-state index contributed by atoms with van der Waals surface area (Å²) in [6, 6.07) is 8.01. The van der Waals surface area contributed by atoms with Crippen molar-refractivity contribution in [3.63, 3.8) is 0 Å². The zero-order chi connectivity index (χ0) is 22.8. The fourth-order valence-electron chi connectivity index (χ4n) is 4.48. The van der Waals surface area contributed by atoms with Gasteiger partial charge in [-0.1, -0.05) is 12.1 Å². The molecule has 2 atom stereocenters. The molecule has 3 aromatic rings. The minimum atomic E-state index is -0.395. The third-order valence-corrected chi connectivity index (χ3v) is 7.16. The Morgan fingerprint density at radius 1 is 1.19 bits per heavy atom. The standard InChI is InChI=1S/C23H26FN3O4S/c1-3-31-22(29)19-14-26(10-8-17(19)15-4-6-16(24)7-5-15)11-12-27-20(28)18-9-13-32-21(18)25(2)23(27)30/h4-7,9,13,17,19H,3,8,10-12,14H2,1-2H3/t17-,19-/m1/s1. The second-order valence-corrected chi connectivity index (χ2v) is 8.94. The lowest BCUT2D eigenvalue weighted by Crippen LogP contribution is -2.47. The van der Waals surface area contributed by atoms with Gasteiger partial charge in [0.05, 0.1) is 17.9 Å². The third kappa shape index (κ3) is 4.27. The molecule has 3 heterocycles. The van der Waals surface area contributed by atoms with Crippen LogP contribution < -0.4 is 11.2 Å². The largest absolute Gasteiger partial charge is 0.466 e. The number of ether oxygens (including phenoxy) is 1. The molecule has 170 valence electrons. The molecule has 1 saturated heterocycles. The van der Waals surface area contributed by atoms with Crippen LogP contribution in [0.2, 0.25) is 0 Å². The summed E-state index contributed by atoms with van der Waals surface area (Å²) in [4.78, 5) is 41.0. The fourth-order valence-corrected chi connectivity index (χ4v) is 5.33. The number of esters is 1. The van der Waals surface area contributed by atoms with Gasteiger partial charge in [-0.2, -0.15) is 0 Å². The maximum Gasteiger partial charge on any atom is 0.331 e. The van der Waals surface area contributed by atoms with Crippen molar-refractivity contribution < 1.29 is 13.9 Å². The molecule has 0 radical (unpaired) electrons. The number of carbonyl (C=O) groups excluding carboxylic acids is 1. The van der Waals surface area contributed by atoms with Crippen molar-refractivity contribution in [2.24, 2.45) is 13.0 Å². The number of hydrogen-bond donors (Lipinski definition) is 0. The molecule has 0 amide bonds. The Morgan fingerprint density at radius 3 is 2.66 bits per heavy atom. The number of fused-ring (bicyclic) bond motifs is 1. The summed E-state index contributed by atoms with van der Waals surface area (Å²) in [6.45, 7) is 3.93. The van der Waals surface area contributed by atoms with Crippen LogP contribution in [0.4, 0.5) is 4.39 Å². The summed E-state index contributed by atoms with van der Waals surface area (Å²) in [5, 5.41) is 2.34.